The third-order valence-corrected chi connectivity index (χ3v) is 3.40. The van der Waals surface area contributed by atoms with Gasteiger partial charge in [-0.15, -0.1) is 0 Å². The number of benzene rings is 2. The molecule has 0 heterocycles. The molecule has 0 saturated carbocycles. The molecule has 0 aliphatic heterocycles. The number of hydrogen-bond acceptors (Lipinski definition) is 3. The van der Waals surface area contributed by atoms with Crippen LogP contribution in [0.1, 0.15) is 39.6 Å². The molecule has 2 aromatic carbocycles. The number of rotatable bonds is 3. The van der Waals surface area contributed by atoms with Crippen molar-refractivity contribution in [2.24, 2.45) is 0 Å². The van der Waals surface area contributed by atoms with E-state index < -0.39 is 0 Å². The van der Waals surface area contributed by atoms with Gasteiger partial charge in [-0.05, 0) is 29.7 Å². The Morgan fingerprint density at radius 2 is 1.70 bits per heavy atom. The second-order valence-corrected chi connectivity index (χ2v) is 4.77. The van der Waals surface area contributed by atoms with E-state index in [9.17, 15) is 9.59 Å². The highest BCUT2D eigenvalue weighted by molar-refractivity contribution is 6.22. The Kier molecular flexibility index (Phi) is 3.11. The molecule has 0 unspecified atom stereocenters. The van der Waals surface area contributed by atoms with E-state index in [0.717, 1.165) is 17.5 Å². The first kappa shape index (κ1) is 12.6. The van der Waals surface area contributed by atoms with Crippen molar-refractivity contribution in [2.75, 3.05) is 6.61 Å². The fourth-order valence-corrected chi connectivity index (χ4v) is 2.43. The van der Waals surface area contributed by atoms with E-state index in [4.69, 9.17) is 4.74 Å². The van der Waals surface area contributed by atoms with E-state index in [1.165, 1.54) is 0 Å². The van der Waals surface area contributed by atoms with Crippen LogP contribution in [0, 0.1) is 0 Å². The molecule has 3 rings (SSSR count). The third kappa shape index (κ3) is 1.92. The maximum absolute atomic E-state index is 12.3. The summed E-state index contributed by atoms with van der Waals surface area (Å²) in [6, 6.07) is 12.7. The van der Waals surface area contributed by atoms with Crippen LogP contribution in [0.25, 0.3) is 11.1 Å². The van der Waals surface area contributed by atoms with Gasteiger partial charge in [-0.25, -0.2) is 4.79 Å². The van der Waals surface area contributed by atoms with Crippen LogP contribution in [0.3, 0.4) is 0 Å². The molecule has 1 aliphatic carbocycles. The topological polar surface area (TPSA) is 43.4 Å². The molecule has 0 amide bonds. The fraction of sp³-hybridized carbons (Fsp3) is 0.176. The van der Waals surface area contributed by atoms with Crippen LogP contribution in [0.4, 0.5) is 0 Å². The molecule has 0 atom stereocenters. The summed E-state index contributed by atoms with van der Waals surface area (Å²) in [6.45, 7) is 2.33. The quantitative estimate of drug-likeness (QED) is 0.682. The SMILES string of the molecule is CCCOC(=O)c1ccc2c(c1)C(=O)c1ccccc1-2. The monoisotopic (exact) mass is 266 g/mol. The van der Waals surface area contributed by atoms with Gasteiger partial charge in [-0.2, -0.15) is 0 Å². The molecule has 0 bridgehead atoms. The van der Waals surface area contributed by atoms with E-state index in [0.29, 0.717) is 23.3 Å². The highest BCUT2D eigenvalue weighted by Crippen LogP contribution is 2.36. The lowest BCUT2D eigenvalue weighted by Gasteiger charge is -2.05. The zero-order valence-electron chi connectivity index (χ0n) is 11.2. The molecular formula is C17H14O3. The predicted molar refractivity (Wildman–Crippen MR) is 75.9 cm³/mol. The minimum atomic E-state index is -0.376. The minimum absolute atomic E-state index is 0.0271. The first-order valence-corrected chi connectivity index (χ1v) is 6.67. The van der Waals surface area contributed by atoms with Crippen LogP contribution in [-0.4, -0.2) is 18.4 Å². The van der Waals surface area contributed by atoms with Gasteiger partial charge in [0.25, 0.3) is 0 Å². The number of ketones is 1. The third-order valence-electron chi connectivity index (χ3n) is 3.40. The molecule has 0 aromatic heterocycles. The first-order valence-electron chi connectivity index (χ1n) is 6.67. The van der Waals surface area contributed by atoms with E-state index in [-0.39, 0.29) is 11.8 Å². The Balaban J connectivity index is 2.00. The summed E-state index contributed by atoms with van der Waals surface area (Å²) < 4.78 is 5.10. The Labute approximate surface area is 117 Å². The fourth-order valence-electron chi connectivity index (χ4n) is 2.43. The van der Waals surface area contributed by atoms with Crippen molar-refractivity contribution in [3.63, 3.8) is 0 Å². The standard InChI is InChI=1S/C17H14O3/c1-2-9-20-17(19)11-7-8-13-12-5-3-4-6-14(12)16(18)15(13)10-11/h3-8,10H,2,9H2,1H3. The minimum Gasteiger partial charge on any atom is -0.462 e. The van der Waals surface area contributed by atoms with Crippen LogP contribution < -0.4 is 0 Å². The average Bonchev–Trinajstić information content (AvgIpc) is 2.78. The molecule has 0 spiro atoms. The van der Waals surface area contributed by atoms with Gasteiger partial charge in [0.15, 0.2) is 5.78 Å². The molecule has 20 heavy (non-hydrogen) atoms. The highest BCUT2D eigenvalue weighted by Gasteiger charge is 2.27. The van der Waals surface area contributed by atoms with Crippen LogP contribution >= 0.6 is 0 Å². The number of esters is 1. The van der Waals surface area contributed by atoms with Crippen molar-refractivity contribution >= 4 is 11.8 Å². The van der Waals surface area contributed by atoms with Gasteiger partial charge in [0.1, 0.15) is 0 Å². The highest BCUT2D eigenvalue weighted by atomic mass is 16.5. The van der Waals surface area contributed by atoms with Crippen molar-refractivity contribution in [1.29, 1.82) is 0 Å². The molecule has 3 nitrogen and oxygen atoms in total. The van der Waals surface area contributed by atoms with Crippen molar-refractivity contribution < 1.29 is 14.3 Å². The van der Waals surface area contributed by atoms with E-state index in [1.54, 1.807) is 12.1 Å². The van der Waals surface area contributed by atoms with Crippen LogP contribution in [0.15, 0.2) is 42.5 Å². The molecule has 100 valence electrons. The number of ether oxygens (including phenoxy) is 1. The lowest BCUT2D eigenvalue weighted by atomic mass is 10.0. The Hall–Kier alpha value is -2.42. The number of carbonyl (C=O) groups excluding carboxylic acids is 2. The zero-order valence-corrected chi connectivity index (χ0v) is 11.2. The van der Waals surface area contributed by atoms with Crippen LogP contribution in [-0.2, 0) is 4.74 Å². The summed E-state index contributed by atoms with van der Waals surface area (Å²) in [4.78, 5) is 24.2. The Morgan fingerprint density at radius 1 is 1.00 bits per heavy atom. The lowest BCUT2D eigenvalue weighted by Crippen LogP contribution is -2.07. The summed E-state index contributed by atoms with van der Waals surface area (Å²) >= 11 is 0. The van der Waals surface area contributed by atoms with Gasteiger partial charge in [0.2, 0.25) is 0 Å². The normalized spacial score (nSPS) is 11.9. The molecule has 2 aromatic rings. The van der Waals surface area contributed by atoms with Gasteiger partial charge in [-0.3, -0.25) is 4.79 Å². The molecule has 0 saturated heterocycles. The van der Waals surface area contributed by atoms with Crippen LogP contribution in [0.2, 0.25) is 0 Å². The molecule has 0 fully saturated rings. The number of carbonyl (C=O) groups is 2. The van der Waals surface area contributed by atoms with E-state index in [2.05, 4.69) is 0 Å². The first-order chi connectivity index (χ1) is 9.72. The maximum atomic E-state index is 12.3. The van der Waals surface area contributed by atoms with E-state index in [1.807, 2.05) is 37.3 Å². The van der Waals surface area contributed by atoms with Gasteiger partial charge in [0, 0.05) is 11.1 Å². The lowest BCUT2D eigenvalue weighted by molar-refractivity contribution is 0.0505. The summed E-state index contributed by atoms with van der Waals surface area (Å²) in [5.74, 6) is -0.404. The van der Waals surface area contributed by atoms with Gasteiger partial charge < -0.3 is 4.74 Å². The van der Waals surface area contributed by atoms with Crippen molar-refractivity contribution in [2.45, 2.75) is 13.3 Å². The van der Waals surface area contributed by atoms with Gasteiger partial charge >= 0.3 is 5.97 Å². The van der Waals surface area contributed by atoms with Crippen molar-refractivity contribution in [1.82, 2.24) is 0 Å². The summed E-state index contributed by atoms with van der Waals surface area (Å²) in [7, 11) is 0. The van der Waals surface area contributed by atoms with Gasteiger partial charge in [-0.1, -0.05) is 37.3 Å². The molecule has 3 heteroatoms. The molecule has 1 aliphatic rings. The largest absolute Gasteiger partial charge is 0.462 e. The van der Waals surface area contributed by atoms with Crippen molar-refractivity contribution in [3.8, 4) is 11.1 Å². The Morgan fingerprint density at radius 3 is 2.45 bits per heavy atom. The second kappa shape index (κ2) is 4.93. The van der Waals surface area contributed by atoms with Crippen molar-refractivity contribution in [3.05, 3.63) is 59.2 Å². The summed E-state index contributed by atoms with van der Waals surface area (Å²) in [5, 5.41) is 0. The summed E-state index contributed by atoms with van der Waals surface area (Å²) in [6.07, 6.45) is 0.779. The molecular weight excluding hydrogens is 252 g/mol. The Bertz CT molecular complexity index is 701. The summed E-state index contributed by atoms with van der Waals surface area (Å²) in [5.41, 5.74) is 3.52. The zero-order chi connectivity index (χ0) is 14.1. The molecule has 0 radical (unpaired) electrons. The smallest absolute Gasteiger partial charge is 0.338 e. The average molecular weight is 266 g/mol. The molecule has 0 N–H and O–H groups in total. The second-order valence-electron chi connectivity index (χ2n) is 4.77. The maximum Gasteiger partial charge on any atom is 0.338 e. The number of hydrogen-bond donors (Lipinski definition) is 0. The number of fused-ring (bicyclic) bond motifs is 3. The van der Waals surface area contributed by atoms with E-state index >= 15 is 0 Å². The van der Waals surface area contributed by atoms with Crippen LogP contribution in [0.5, 0.6) is 0 Å². The predicted octanol–water partition coefficient (Wildman–Crippen LogP) is 3.46. The van der Waals surface area contributed by atoms with Gasteiger partial charge in [0.05, 0.1) is 12.2 Å².